The molecule has 0 saturated carbocycles. The van der Waals surface area contributed by atoms with Crippen LogP contribution >= 0.6 is 35.3 Å². The highest BCUT2D eigenvalue weighted by atomic mass is 127. The van der Waals surface area contributed by atoms with E-state index in [9.17, 15) is 0 Å². The van der Waals surface area contributed by atoms with Crippen LogP contribution in [0.15, 0.2) is 22.5 Å². The van der Waals surface area contributed by atoms with Gasteiger partial charge in [-0.05, 0) is 39.1 Å². The zero-order chi connectivity index (χ0) is 12.0. The first-order valence-corrected chi connectivity index (χ1v) is 6.48. The Morgan fingerprint density at radius 3 is 2.59 bits per heavy atom. The number of hydrogen-bond acceptors (Lipinski definition) is 2. The topological polar surface area (TPSA) is 36.4 Å². The third kappa shape index (κ3) is 7.59. The molecule has 0 spiro atoms. The molecule has 1 heterocycles. The molecular formula is C12H22IN3S. The first kappa shape index (κ1) is 16.7. The molecule has 5 heteroatoms. The highest BCUT2D eigenvalue weighted by Crippen LogP contribution is 2.09. The first-order chi connectivity index (χ1) is 7.51. The fourth-order valence-corrected chi connectivity index (χ4v) is 1.85. The van der Waals surface area contributed by atoms with Gasteiger partial charge in [0.1, 0.15) is 0 Å². The third-order valence-electron chi connectivity index (χ3n) is 1.81. The predicted molar refractivity (Wildman–Crippen MR) is 87.4 cm³/mol. The molecule has 0 aliphatic heterocycles. The molecule has 0 amide bonds. The van der Waals surface area contributed by atoms with E-state index in [4.69, 9.17) is 0 Å². The average Bonchev–Trinajstić information content (AvgIpc) is 2.64. The van der Waals surface area contributed by atoms with Crippen LogP contribution in [0.3, 0.4) is 0 Å². The van der Waals surface area contributed by atoms with Gasteiger partial charge in [0, 0.05) is 17.0 Å². The molecule has 0 fully saturated rings. The lowest BCUT2D eigenvalue weighted by Crippen LogP contribution is -2.47. The smallest absolute Gasteiger partial charge is 0.192 e. The van der Waals surface area contributed by atoms with Crippen LogP contribution in [0.25, 0.3) is 0 Å². The molecule has 0 saturated heterocycles. The van der Waals surface area contributed by atoms with E-state index >= 15 is 0 Å². The average molecular weight is 367 g/mol. The lowest BCUT2D eigenvalue weighted by Gasteiger charge is -2.23. The molecule has 2 N–H and O–H groups in total. The van der Waals surface area contributed by atoms with Crippen molar-refractivity contribution in [1.82, 2.24) is 10.6 Å². The zero-order valence-electron chi connectivity index (χ0n) is 10.9. The van der Waals surface area contributed by atoms with E-state index in [1.54, 1.807) is 11.3 Å². The van der Waals surface area contributed by atoms with Gasteiger partial charge in [0.15, 0.2) is 5.96 Å². The maximum Gasteiger partial charge on any atom is 0.192 e. The van der Waals surface area contributed by atoms with Gasteiger partial charge in [-0.25, -0.2) is 4.99 Å². The molecule has 0 radical (unpaired) electrons. The highest BCUT2D eigenvalue weighted by molar-refractivity contribution is 14.0. The second-order valence-electron chi connectivity index (χ2n) is 4.65. The molecule has 3 nitrogen and oxygen atoms in total. The summed E-state index contributed by atoms with van der Waals surface area (Å²) in [4.78, 5) is 5.83. The van der Waals surface area contributed by atoms with Gasteiger partial charge in [-0.15, -0.1) is 35.3 Å². The van der Waals surface area contributed by atoms with E-state index in [-0.39, 0.29) is 29.5 Å². The Hall–Kier alpha value is -0.300. The van der Waals surface area contributed by atoms with E-state index < -0.39 is 0 Å². The second-order valence-corrected chi connectivity index (χ2v) is 5.68. The minimum atomic E-state index is 0. The summed E-state index contributed by atoms with van der Waals surface area (Å²) in [5.74, 6) is 0.878. The van der Waals surface area contributed by atoms with Crippen molar-refractivity contribution >= 4 is 41.3 Å². The van der Waals surface area contributed by atoms with Gasteiger partial charge >= 0.3 is 0 Å². The first-order valence-electron chi connectivity index (χ1n) is 5.60. The largest absolute Gasteiger partial charge is 0.357 e. The van der Waals surface area contributed by atoms with Crippen molar-refractivity contribution in [3.63, 3.8) is 0 Å². The molecule has 17 heavy (non-hydrogen) atoms. The summed E-state index contributed by atoms with van der Waals surface area (Å²) < 4.78 is 0. The Morgan fingerprint density at radius 1 is 1.41 bits per heavy atom. The van der Waals surface area contributed by atoms with Gasteiger partial charge in [-0.1, -0.05) is 6.07 Å². The number of rotatable bonds is 3. The monoisotopic (exact) mass is 367 g/mol. The summed E-state index contributed by atoms with van der Waals surface area (Å²) in [6.07, 6.45) is 0. The summed E-state index contributed by atoms with van der Waals surface area (Å²) >= 11 is 1.74. The number of halogens is 1. The fourth-order valence-electron chi connectivity index (χ4n) is 1.22. The van der Waals surface area contributed by atoms with Crippen molar-refractivity contribution in [3.05, 3.63) is 22.4 Å². The SMILES string of the molecule is CCNC(=NCc1cccs1)NC(C)(C)C.I. The number of aliphatic imine (C=N–C) groups is 1. The number of nitrogens with zero attached hydrogens (tertiary/aromatic N) is 1. The maximum atomic E-state index is 4.55. The van der Waals surface area contributed by atoms with E-state index in [1.807, 2.05) is 0 Å². The lowest BCUT2D eigenvalue weighted by atomic mass is 10.1. The summed E-state index contributed by atoms with van der Waals surface area (Å²) in [6, 6.07) is 4.16. The lowest BCUT2D eigenvalue weighted by molar-refractivity contribution is 0.501. The highest BCUT2D eigenvalue weighted by Gasteiger charge is 2.11. The molecule has 0 bridgehead atoms. The standard InChI is InChI=1S/C12H21N3S.HI/c1-5-13-11(15-12(2,3)4)14-9-10-7-6-8-16-10;/h6-8H,5,9H2,1-4H3,(H2,13,14,15);1H. The van der Waals surface area contributed by atoms with E-state index in [0.717, 1.165) is 19.0 Å². The van der Waals surface area contributed by atoms with Gasteiger partial charge in [-0.3, -0.25) is 0 Å². The third-order valence-corrected chi connectivity index (χ3v) is 2.67. The Kier molecular flexibility index (Phi) is 7.78. The van der Waals surface area contributed by atoms with Crippen LogP contribution in [0.2, 0.25) is 0 Å². The summed E-state index contributed by atoms with van der Waals surface area (Å²) in [5.41, 5.74) is 0.0381. The summed E-state index contributed by atoms with van der Waals surface area (Å²) in [7, 11) is 0. The van der Waals surface area contributed by atoms with Gasteiger partial charge in [0.2, 0.25) is 0 Å². The van der Waals surface area contributed by atoms with Crippen LogP contribution in [-0.4, -0.2) is 18.0 Å². The van der Waals surface area contributed by atoms with Crippen molar-refractivity contribution in [3.8, 4) is 0 Å². The van der Waals surface area contributed by atoms with Crippen molar-refractivity contribution in [1.29, 1.82) is 0 Å². The van der Waals surface area contributed by atoms with E-state index in [2.05, 4.69) is 60.8 Å². The van der Waals surface area contributed by atoms with Gasteiger partial charge in [0.25, 0.3) is 0 Å². The van der Waals surface area contributed by atoms with Crippen LogP contribution < -0.4 is 10.6 Å². The molecule has 0 aromatic carbocycles. The number of hydrogen-bond donors (Lipinski definition) is 2. The Balaban J connectivity index is 0.00000256. The Bertz CT molecular complexity index is 328. The molecule has 0 atom stereocenters. The van der Waals surface area contributed by atoms with Crippen molar-refractivity contribution < 1.29 is 0 Å². The van der Waals surface area contributed by atoms with Crippen LogP contribution in [0.4, 0.5) is 0 Å². The van der Waals surface area contributed by atoms with Crippen LogP contribution in [0.5, 0.6) is 0 Å². The normalized spacial score (nSPS) is 11.9. The molecule has 0 aliphatic rings. The Morgan fingerprint density at radius 2 is 2.12 bits per heavy atom. The zero-order valence-corrected chi connectivity index (χ0v) is 14.1. The van der Waals surface area contributed by atoms with Gasteiger partial charge in [-0.2, -0.15) is 0 Å². The van der Waals surface area contributed by atoms with Gasteiger partial charge < -0.3 is 10.6 Å². The van der Waals surface area contributed by atoms with Gasteiger partial charge in [0.05, 0.1) is 6.54 Å². The summed E-state index contributed by atoms with van der Waals surface area (Å²) in [5, 5.41) is 8.69. The van der Waals surface area contributed by atoms with Crippen molar-refractivity contribution in [2.24, 2.45) is 4.99 Å². The van der Waals surface area contributed by atoms with Crippen LogP contribution in [0, 0.1) is 0 Å². The summed E-state index contributed by atoms with van der Waals surface area (Å²) in [6.45, 7) is 10.1. The van der Waals surface area contributed by atoms with Crippen molar-refractivity contribution in [2.75, 3.05) is 6.54 Å². The molecule has 0 unspecified atom stereocenters. The predicted octanol–water partition coefficient (Wildman–Crippen LogP) is 3.22. The molecule has 98 valence electrons. The van der Waals surface area contributed by atoms with E-state index in [0.29, 0.717) is 0 Å². The number of nitrogens with one attached hydrogen (secondary N) is 2. The molecule has 1 rings (SSSR count). The van der Waals surface area contributed by atoms with Crippen LogP contribution in [0.1, 0.15) is 32.6 Å². The molecule has 1 aromatic heterocycles. The number of thiophene rings is 1. The minimum Gasteiger partial charge on any atom is -0.357 e. The molecule has 0 aliphatic carbocycles. The van der Waals surface area contributed by atoms with Crippen molar-refractivity contribution in [2.45, 2.75) is 39.8 Å². The maximum absolute atomic E-state index is 4.55. The molecule has 1 aromatic rings. The fraction of sp³-hybridized carbons (Fsp3) is 0.583. The Labute approximate surface area is 125 Å². The number of guanidine groups is 1. The quantitative estimate of drug-likeness (QED) is 0.489. The minimum absolute atomic E-state index is 0. The molecular weight excluding hydrogens is 345 g/mol. The van der Waals surface area contributed by atoms with E-state index in [1.165, 1.54) is 4.88 Å². The second kappa shape index (κ2) is 7.92. The van der Waals surface area contributed by atoms with Crippen LogP contribution in [-0.2, 0) is 6.54 Å².